The summed E-state index contributed by atoms with van der Waals surface area (Å²) in [5.74, 6) is 0.340. The van der Waals surface area contributed by atoms with Crippen LogP contribution in [0.5, 0.6) is 0 Å². The Morgan fingerprint density at radius 3 is 2.71 bits per heavy atom. The number of non-ortho nitro benzene ring substituents is 1. The van der Waals surface area contributed by atoms with Crippen LogP contribution >= 0.6 is 0 Å². The lowest BCUT2D eigenvalue weighted by Gasteiger charge is -2.13. The summed E-state index contributed by atoms with van der Waals surface area (Å²) in [6.07, 6.45) is 2.28. The van der Waals surface area contributed by atoms with E-state index in [1.54, 1.807) is 6.08 Å². The molecule has 1 aliphatic rings. The fourth-order valence-corrected chi connectivity index (χ4v) is 2.73. The van der Waals surface area contributed by atoms with Gasteiger partial charge in [-0.1, -0.05) is 6.08 Å². The summed E-state index contributed by atoms with van der Waals surface area (Å²) in [5.41, 5.74) is 0.885. The molecule has 0 bridgehead atoms. The van der Waals surface area contributed by atoms with E-state index in [1.807, 2.05) is 0 Å². The van der Waals surface area contributed by atoms with Gasteiger partial charge in [0.05, 0.1) is 11.0 Å². The first-order valence-electron chi connectivity index (χ1n) is 5.06. The van der Waals surface area contributed by atoms with Crippen LogP contribution in [0.25, 0.3) is 5.57 Å². The molecule has 1 aromatic carbocycles. The predicted octanol–water partition coefficient (Wildman–Crippen LogP) is 2.27. The maximum atomic E-state index is 13.7. The molecule has 1 aromatic rings. The molecular weight excluding hydrogens is 245 g/mol. The van der Waals surface area contributed by atoms with Crippen molar-refractivity contribution in [2.45, 2.75) is 6.42 Å². The number of halogens is 1. The van der Waals surface area contributed by atoms with Crippen molar-refractivity contribution in [2.24, 2.45) is 0 Å². The molecule has 2 rings (SSSR count). The average molecular weight is 255 g/mol. The van der Waals surface area contributed by atoms with Crippen LogP contribution in [0.1, 0.15) is 12.0 Å². The van der Waals surface area contributed by atoms with Crippen molar-refractivity contribution in [3.63, 3.8) is 0 Å². The van der Waals surface area contributed by atoms with Crippen LogP contribution < -0.4 is 0 Å². The van der Waals surface area contributed by atoms with E-state index >= 15 is 0 Å². The zero-order valence-corrected chi connectivity index (χ0v) is 9.71. The zero-order valence-electron chi connectivity index (χ0n) is 8.89. The van der Waals surface area contributed by atoms with Crippen LogP contribution in [0.3, 0.4) is 0 Å². The van der Waals surface area contributed by atoms with Crippen molar-refractivity contribution in [3.8, 4) is 0 Å². The molecule has 17 heavy (non-hydrogen) atoms. The maximum absolute atomic E-state index is 13.7. The number of nitro benzene ring substituents is 1. The highest BCUT2D eigenvalue weighted by atomic mass is 32.2. The van der Waals surface area contributed by atoms with Gasteiger partial charge in [0.1, 0.15) is 5.82 Å². The smallest absolute Gasteiger partial charge is 0.259 e. The molecule has 0 fully saturated rings. The van der Waals surface area contributed by atoms with Gasteiger partial charge in [0, 0.05) is 33.9 Å². The SMILES string of the molecule is O=[N+]([O-])c1ccc(C2=CCS(=O)CC2)c(F)c1. The summed E-state index contributed by atoms with van der Waals surface area (Å²) in [7, 11) is -0.860. The monoisotopic (exact) mass is 255 g/mol. The second-order valence-electron chi connectivity index (χ2n) is 3.71. The number of hydrogen-bond donors (Lipinski definition) is 0. The molecule has 0 radical (unpaired) electrons. The quantitative estimate of drug-likeness (QED) is 0.601. The Balaban J connectivity index is 2.34. The second-order valence-corrected chi connectivity index (χ2v) is 5.33. The molecule has 1 heterocycles. The first-order valence-corrected chi connectivity index (χ1v) is 6.55. The van der Waals surface area contributed by atoms with Crippen molar-refractivity contribution in [1.29, 1.82) is 0 Å². The van der Waals surface area contributed by atoms with Gasteiger partial charge >= 0.3 is 0 Å². The number of hydrogen-bond acceptors (Lipinski definition) is 3. The molecule has 90 valence electrons. The number of nitro groups is 1. The molecule has 0 saturated carbocycles. The molecule has 4 nitrogen and oxygen atoms in total. The van der Waals surface area contributed by atoms with Crippen LogP contribution in [-0.2, 0) is 10.8 Å². The Bertz CT molecular complexity index is 527. The highest BCUT2D eigenvalue weighted by Crippen LogP contribution is 2.27. The number of rotatable bonds is 2. The number of benzene rings is 1. The van der Waals surface area contributed by atoms with Gasteiger partial charge in [-0.05, 0) is 18.1 Å². The van der Waals surface area contributed by atoms with Crippen LogP contribution in [0.2, 0.25) is 0 Å². The third kappa shape index (κ3) is 2.58. The van der Waals surface area contributed by atoms with Gasteiger partial charge in [-0.2, -0.15) is 0 Å². The van der Waals surface area contributed by atoms with E-state index in [2.05, 4.69) is 0 Å². The molecule has 0 aliphatic carbocycles. The van der Waals surface area contributed by atoms with Gasteiger partial charge in [-0.15, -0.1) is 0 Å². The largest absolute Gasteiger partial charge is 0.272 e. The molecule has 1 unspecified atom stereocenters. The standard InChI is InChI=1S/C11H10FNO3S/c12-11-7-9(13(14)15)1-2-10(11)8-3-5-17(16)6-4-8/h1-3,7H,4-6H2. The molecule has 0 N–H and O–H groups in total. The van der Waals surface area contributed by atoms with E-state index in [0.717, 1.165) is 11.6 Å². The summed E-state index contributed by atoms with van der Waals surface area (Å²) in [4.78, 5) is 9.84. The summed E-state index contributed by atoms with van der Waals surface area (Å²) in [6.45, 7) is 0. The van der Waals surface area contributed by atoms with Gasteiger partial charge in [0.2, 0.25) is 0 Å². The normalized spacial score (nSPS) is 19.8. The summed E-state index contributed by atoms with van der Waals surface area (Å²) >= 11 is 0. The molecule has 0 aromatic heterocycles. The van der Waals surface area contributed by atoms with Gasteiger partial charge in [-0.3, -0.25) is 14.3 Å². The molecule has 6 heteroatoms. The van der Waals surface area contributed by atoms with Crippen molar-refractivity contribution in [1.82, 2.24) is 0 Å². The van der Waals surface area contributed by atoms with E-state index in [1.165, 1.54) is 12.1 Å². The van der Waals surface area contributed by atoms with Crippen LogP contribution in [0.4, 0.5) is 10.1 Å². The van der Waals surface area contributed by atoms with Crippen LogP contribution in [0.15, 0.2) is 24.3 Å². The van der Waals surface area contributed by atoms with E-state index < -0.39 is 21.5 Å². The molecule has 0 saturated heterocycles. The third-order valence-electron chi connectivity index (χ3n) is 2.62. The van der Waals surface area contributed by atoms with Crippen molar-refractivity contribution < 1.29 is 13.5 Å². The first kappa shape index (κ1) is 11.9. The Labute approximate surface area is 99.8 Å². The van der Waals surface area contributed by atoms with Gasteiger partial charge in [-0.25, -0.2) is 4.39 Å². The number of nitrogens with zero attached hydrogens (tertiary/aromatic N) is 1. The van der Waals surface area contributed by atoms with Crippen LogP contribution in [-0.4, -0.2) is 20.6 Å². The molecule has 0 amide bonds. The van der Waals surface area contributed by atoms with Gasteiger partial charge in [0.25, 0.3) is 5.69 Å². The third-order valence-corrected chi connectivity index (χ3v) is 3.82. The van der Waals surface area contributed by atoms with Gasteiger partial charge < -0.3 is 0 Å². The van der Waals surface area contributed by atoms with E-state index in [-0.39, 0.29) is 5.69 Å². The summed E-state index contributed by atoms with van der Waals surface area (Å²) in [6, 6.07) is 3.61. The van der Waals surface area contributed by atoms with Crippen molar-refractivity contribution in [2.75, 3.05) is 11.5 Å². The topological polar surface area (TPSA) is 60.2 Å². The molecular formula is C11H10FNO3S. The van der Waals surface area contributed by atoms with Crippen molar-refractivity contribution >= 4 is 22.1 Å². The minimum absolute atomic E-state index is 0.258. The van der Waals surface area contributed by atoms with E-state index in [9.17, 15) is 18.7 Å². The Hall–Kier alpha value is -1.56. The summed E-state index contributed by atoms with van der Waals surface area (Å²) < 4.78 is 24.8. The minimum atomic E-state index is -0.860. The minimum Gasteiger partial charge on any atom is -0.259 e. The summed E-state index contributed by atoms with van der Waals surface area (Å²) in [5, 5.41) is 10.5. The Morgan fingerprint density at radius 2 is 2.18 bits per heavy atom. The Kier molecular flexibility index (Phi) is 3.33. The molecule has 0 spiro atoms. The Morgan fingerprint density at radius 1 is 1.41 bits per heavy atom. The average Bonchev–Trinajstić information content (AvgIpc) is 2.30. The zero-order chi connectivity index (χ0) is 12.4. The van der Waals surface area contributed by atoms with Gasteiger partial charge in [0.15, 0.2) is 0 Å². The highest BCUT2D eigenvalue weighted by molar-refractivity contribution is 7.85. The fourth-order valence-electron chi connectivity index (χ4n) is 1.73. The lowest BCUT2D eigenvalue weighted by atomic mass is 10.0. The van der Waals surface area contributed by atoms with Crippen LogP contribution in [0, 0.1) is 15.9 Å². The molecule has 1 atom stereocenters. The van der Waals surface area contributed by atoms with Crippen molar-refractivity contribution in [3.05, 3.63) is 45.8 Å². The fraction of sp³-hybridized carbons (Fsp3) is 0.273. The maximum Gasteiger partial charge on any atom is 0.272 e. The molecule has 1 aliphatic heterocycles. The second kappa shape index (κ2) is 4.75. The predicted molar refractivity (Wildman–Crippen MR) is 63.5 cm³/mol. The van der Waals surface area contributed by atoms with E-state index in [4.69, 9.17) is 0 Å². The number of allylic oxidation sites excluding steroid dienone is 1. The first-order chi connectivity index (χ1) is 8.08. The lowest BCUT2D eigenvalue weighted by molar-refractivity contribution is -0.385. The highest BCUT2D eigenvalue weighted by Gasteiger charge is 2.16. The lowest BCUT2D eigenvalue weighted by Crippen LogP contribution is -2.08. The van der Waals surface area contributed by atoms with E-state index in [0.29, 0.717) is 23.5 Å².